The minimum absolute atomic E-state index is 0.0367. The molecule has 0 unspecified atom stereocenters. The summed E-state index contributed by atoms with van der Waals surface area (Å²) in [4.78, 5) is -0.186. The van der Waals surface area contributed by atoms with Crippen molar-refractivity contribution in [3.8, 4) is 5.75 Å². The van der Waals surface area contributed by atoms with Crippen molar-refractivity contribution in [2.75, 3.05) is 12.4 Å². The lowest BCUT2D eigenvalue weighted by Crippen LogP contribution is -2.22. The summed E-state index contributed by atoms with van der Waals surface area (Å²) in [5.41, 5.74) is 0. The SMILES string of the molecule is CC(C)S(=O)(=O)CCOc1ccc(Br)cc1S(N)(=O)=O. The quantitative estimate of drug-likeness (QED) is 0.794. The van der Waals surface area contributed by atoms with E-state index < -0.39 is 25.1 Å². The zero-order chi connectivity index (χ0) is 15.6. The van der Waals surface area contributed by atoms with Gasteiger partial charge in [-0.05, 0) is 32.0 Å². The van der Waals surface area contributed by atoms with Crippen LogP contribution in [0.5, 0.6) is 5.75 Å². The Kier molecular flexibility index (Phi) is 5.59. The van der Waals surface area contributed by atoms with E-state index in [9.17, 15) is 16.8 Å². The summed E-state index contributed by atoms with van der Waals surface area (Å²) in [6.07, 6.45) is 0. The lowest BCUT2D eigenvalue weighted by Gasteiger charge is -2.12. The number of hydrogen-bond acceptors (Lipinski definition) is 5. The normalized spacial score (nSPS) is 12.7. The average molecular weight is 386 g/mol. The van der Waals surface area contributed by atoms with E-state index in [1.807, 2.05) is 0 Å². The monoisotopic (exact) mass is 385 g/mol. The molecule has 1 aromatic carbocycles. The highest BCUT2D eigenvalue weighted by atomic mass is 79.9. The molecule has 0 saturated carbocycles. The van der Waals surface area contributed by atoms with Crippen LogP contribution in [0.3, 0.4) is 0 Å². The topological polar surface area (TPSA) is 104 Å². The van der Waals surface area contributed by atoms with E-state index in [1.165, 1.54) is 12.1 Å². The number of ether oxygens (including phenoxy) is 1. The van der Waals surface area contributed by atoms with Crippen LogP contribution in [0, 0.1) is 0 Å². The van der Waals surface area contributed by atoms with Gasteiger partial charge in [-0.2, -0.15) is 0 Å². The molecule has 0 radical (unpaired) electrons. The van der Waals surface area contributed by atoms with Crippen LogP contribution in [-0.2, 0) is 19.9 Å². The molecular weight excluding hydrogens is 370 g/mol. The van der Waals surface area contributed by atoms with Gasteiger partial charge in [0.15, 0.2) is 9.84 Å². The molecule has 1 rings (SSSR count). The number of hydrogen-bond donors (Lipinski definition) is 1. The van der Waals surface area contributed by atoms with Crippen molar-refractivity contribution in [1.82, 2.24) is 0 Å². The van der Waals surface area contributed by atoms with Crippen molar-refractivity contribution < 1.29 is 21.6 Å². The predicted octanol–water partition coefficient (Wildman–Crippen LogP) is 1.30. The second kappa shape index (κ2) is 6.42. The molecule has 0 aliphatic heterocycles. The van der Waals surface area contributed by atoms with Crippen LogP contribution >= 0.6 is 15.9 Å². The number of benzene rings is 1. The van der Waals surface area contributed by atoms with Crippen LogP contribution in [0.4, 0.5) is 0 Å². The minimum Gasteiger partial charge on any atom is -0.491 e. The van der Waals surface area contributed by atoms with Gasteiger partial charge >= 0.3 is 0 Å². The van der Waals surface area contributed by atoms with E-state index in [0.29, 0.717) is 4.47 Å². The maximum atomic E-state index is 11.6. The summed E-state index contributed by atoms with van der Waals surface area (Å²) in [7, 11) is -7.18. The highest BCUT2D eigenvalue weighted by molar-refractivity contribution is 9.10. The van der Waals surface area contributed by atoms with E-state index in [0.717, 1.165) is 0 Å². The Morgan fingerprint density at radius 2 is 1.85 bits per heavy atom. The molecule has 20 heavy (non-hydrogen) atoms. The Morgan fingerprint density at radius 1 is 1.25 bits per heavy atom. The first-order chi connectivity index (χ1) is 9.04. The van der Waals surface area contributed by atoms with Gasteiger partial charge in [-0.3, -0.25) is 0 Å². The third-order valence-corrected chi connectivity index (χ3v) is 6.15. The van der Waals surface area contributed by atoms with E-state index in [-0.39, 0.29) is 23.0 Å². The molecule has 6 nitrogen and oxygen atoms in total. The molecule has 0 amide bonds. The van der Waals surface area contributed by atoms with Gasteiger partial charge in [0.25, 0.3) is 0 Å². The summed E-state index contributed by atoms with van der Waals surface area (Å²) >= 11 is 3.14. The van der Waals surface area contributed by atoms with Crippen LogP contribution in [0.2, 0.25) is 0 Å². The van der Waals surface area contributed by atoms with Gasteiger partial charge in [-0.1, -0.05) is 15.9 Å². The lowest BCUT2D eigenvalue weighted by molar-refractivity contribution is 0.331. The highest BCUT2D eigenvalue weighted by Gasteiger charge is 2.19. The second-order valence-corrected chi connectivity index (χ2v) is 9.52. The Bertz CT molecular complexity index is 683. The van der Waals surface area contributed by atoms with Crippen LogP contribution < -0.4 is 9.88 Å². The minimum atomic E-state index is -3.94. The predicted molar refractivity (Wildman–Crippen MR) is 79.9 cm³/mol. The van der Waals surface area contributed by atoms with Crippen molar-refractivity contribution in [1.29, 1.82) is 0 Å². The molecule has 0 fully saturated rings. The van der Waals surface area contributed by atoms with Gasteiger partial charge in [-0.25, -0.2) is 22.0 Å². The molecule has 9 heteroatoms. The Hall–Kier alpha value is -0.640. The molecule has 0 spiro atoms. The molecule has 2 N–H and O–H groups in total. The lowest BCUT2D eigenvalue weighted by atomic mass is 10.3. The first kappa shape index (κ1) is 17.4. The molecule has 0 saturated heterocycles. The third kappa shape index (κ3) is 4.72. The van der Waals surface area contributed by atoms with Crippen molar-refractivity contribution in [3.63, 3.8) is 0 Å². The fraction of sp³-hybridized carbons (Fsp3) is 0.455. The van der Waals surface area contributed by atoms with Gasteiger partial charge in [0.05, 0.1) is 11.0 Å². The van der Waals surface area contributed by atoms with Gasteiger partial charge in [-0.15, -0.1) is 0 Å². The maximum Gasteiger partial charge on any atom is 0.241 e. The third-order valence-electron chi connectivity index (χ3n) is 2.56. The molecule has 0 heterocycles. The molecule has 0 aliphatic rings. The fourth-order valence-corrected chi connectivity index (χ4v) is 3.33. The van der Waals surface area contributed by atoms with Crippen molar-refractivity contribution in [2.45, 2.75) is 24.0 Å². The molecule has 0 aromatic heterocycles. The van der Waals surface area contributed by atoms with Gasteiger partial charge < -0.3 is 4.74 Å². The summed E-state index contributed by atoms with van der Waals surface area (Å²) in [5, 5.41) is 4.58. The van der Waals surface area contributed by atoms with Crippen molar-refractivity contribution >= 4 is 35.8 Å². The highest BCUT2D eigenvalue weighted by Crippen LogP contribution is 2.26. The van der Waals surface area contributed by atoms with E-state index in [1.54, 1.807) is 19.9 Å². The Labute approximate surface area is 127 Å². The summed E-state index contributed by atoms with van der Waals surface area (Å²) in [6.45, 7) is 3.01. The maximum absolute atomic E-state index is 11.6. The van der Waals surface area contributed by atoms with E-state index in [4.69, 9.17) is 9.88 Å². The van der Waals surface area contributed by atoms with Crippen LogP contribution in [0.15, 0.2) is 27.6 Å². The van der Waals surface area contributed by atoms with Crippen LogP contribution in [-0.4, -0.2) is 34.4 Å². The van der Waals surface area contributed by atoms with Crippen LogP contribution in [0.25, 0.3) is 0 Å². The summed E-state index contributed by atoms with van der Waals surface area (Å²) < 4.78 is 51.9. The van der Waals surface area contributed by atoms with Gasteiger partial charge in [0.1, 0.15) is 17.3 Å². The molecule has 114 valence electrons. The molecule has 1 aromatic rings. The zero-order valence-corrected chi connectivity index (χ0v) is 14.3. The molecule has 0 bridgehead atoms. The van der Waals surface area contributed by atoms with E-state index >= 15 is 0 Å². The fourth-order valence-electron chi connectivity index (χ4n) is 1.33. The van der Waals surface area contributed by atoms with Crippen LogP contribution in [0.1, 0.15) is 13.8 Å². The van der Waals surface area contributed by atoms with E-state index in [2.05, 4.69) is 15.9 Å². The summed E-state index contributed by atoms with van der Waals surface area (Å²) in [6, 6.07) is 4.31. The van der Waals surface area contributed by atoms with Crippen molar-refractivity contribution in [3.05, 3.63) is 22.7 Å². The number of sulfonamides is 1. The number of halogens is 1. The summed E-state index contributed by atoms with van der Waals surface area (Å²) in [5.74, 6) is -0.153. The number of primary sulfonamides is 1. The smallest absolute Gasteiger partial charge is 0.241 e. The standard InChI is InChI=1S/C11H16BrNO5S2/c1-8(2)19(14,15)6-5-18-10-4-3-9(12)7-11(10)20(13,16)17/h3-4,7-8H,5-6H2,1-2H3,(H2,13,16,17). The first-order valence-corrected chi connectivity index (χ1v) is 9.76. The largest absolute Gasteiger partial charge is 0.491 e. The van der Waals surface area contributed by atoms with Gasteiger partial charge in [0, 0.05) is 4.47 Å². The average Bonchev–Trinajstić information content (AvgIpc) is 2.29. The number of sulfone groups is 1. The molecule has 0 atom stereocenters. The Balaban J connectivity index is 2.90. The number of rotatable bonds is 6. The van der Waals surface area contributed by atoms with Crippen molar-refractivity contribution in [2.24, 2.45) is 5.14 Å². The molecular formula is C11H16BrNO5S2. The zero-order valence-electron chi connectivity index (χ0n) is 11.0. The van der Waals surface area contributed by atoms with Gasteiger partial charge in [0.2, 0.25) is 10.0 Å². The Morgan fingerprint density at radius 3 is 2.35 bits per heavy atom. The first-order valence-electron chi connectivity index (χ1n) is 5.71. The second-order valence-electron chi connectivity index (χ2n) is 4.40. The molecule has 0 aliphatic carbocycles. The number of nitrogens with two attached hydrogens (primary N) is 1.